The fourth-order valence-corrected chi connectivity index (χ4v) is 5.42. The molecule has 2 aromatic carbocycles. The Hall–Kier alpha value is -4.97. The van der Waals surface area contributed by atoms with Gasteiger partial charge in [-0.2, -0.15) is 0 Å². The summed E-state index contributed by atoms with van der Waals surface area (Å²) in [6, 6.07) is 8.66. The zero-order valence-electron chi connectivity index (χ0n) is 23.6. The molecule has 3 aromatic rings. The number of aromatic nitrogens is 1. The lowest BCUT2D eigenvalue weighted by molar-refractivity contribution is -0.138. The van der Waals surface area contributed by atoms with Crippen molar-refractivity contribution in [2.45, 2.75) is 26.8 Å². The highest BCUT2D eigenvalue weighted by atomic mass is 32.1. The summed E-state index contributed by atoms with van der Waals surface area (Å²) in [5.41, 5.74) is 1.05. The van der Waals surface area contributed by atoms with Crippen LogP contribution in [0.3, 0.4) is 0 Å². The van der Waals surface area contributed by atoms with E-state index in [2.05, 4.69) is 11.6 Å². The van der Waals surface area contributed by atoms with E-state index in [1.54, 1.807) is 37.3 Å². The first-order valence-electron chi connectivity index (χ1n) is 12.6. The van der Waals surface area contributed by atoms with Crippen LogP contribution in [0.5, 0.6) is 23.0 Å². The number of carbonyl (C=O) groups is 3. The number of thiazole rings is 1. The topological polar surface area (TPSA) is 132 Å². The van der Waals surface area contributed by atoms with E-state index < -0.39 is 29.5 Å². The second-order valence-electron chi connectivity index (χ2n) is 8.97. The van der Waals surface area contributed by atoms with E-state index in [1.807, 2.05) is 0 Å². The van der Waals surface area contributed by atoms with Crippen LogP contribution in [0.15, 0.2) is 70.1 Å². The number of ether oxygens (including phenoxy) is 5. The summed E-state index contributed by atoms with van der Waals surface area (Å²) in [6.07, 6.45) is 2.99. The molecule has 0 unspecified atom stereocenters. The quantitative estimate of drug-likeness (QED) is 0.209. The Bertz CT molecular complexity index is 1800. The van der Waals surface area contributed by atoms with Crippen LogP contribution in [0.4, 0.5) is 0 Å². The molecule has 1 aliphatic rings. The smallest absolute Gasteiger partial charge is 0.338 e. The molecule has 0 fully saturated rings. The summed E-state index contributed by atoms with van der Waals surface area (Å²) in [5, 5.41) is 0. The summed E-state index contributed by atoms with van der Waals surface area (Å²) in [7, 11) is 2.99. The first kappa shape index (κ1) is 30.0. The molecule has 0 amide bonds. The minimum absolute atomic E-state index is 0.0268. The molecular formula is C30H28N2O9S. The molecule has 0 aliphatic carbocycles. The molecule has 0 radical (unpaired) electrons. The number of hydrogen-bond donors (Lipinski definition) is 0. The van der Waals surface area contributed by atoms with Gasteiger partial charge in [-0.25, -0.2) is 9.79 Å². The van der Waals surface area contributed by atoms with E-state index >= 15 is 0 Å². The lowest BCUT2D eigenvalue weighted by Crippen LogP contribution is -2.40. The zero-order valence-corrected chi connectivity index (χ0v) is 24.4. The third-order valence-corrected chi connectivity index (χ3v) is 7.07. The highest BCUT2D eigenvalue weighted by molar-refractivity contribution is 7.07. The summed E-state index contributed by atoms with van der Waals surface area (Å²) < 4.78 is 28.3. The average molecular weight is 593 g/mol. The van der Waals surface area contributed by atoms with Gasteiger partial charge in [0.05, 0.1) is 36.1 Å². The van der Waals surface area contributed by atoms with Crippen molar-refractivity contribution in [2.75, 3.05) is 20.8 Å². The highest BCUT2D eigenvalue weighted by Gasteiger charge is 2.34. The molecule has 0 saturated carbocycles. The van der Waals surface area contributed by atoms with Crippen LogP contribution in [-0.4, -0.2) is 43.3 Å². The summed E-state index contributed by atoms with van der Waals surface area (Å²) >= 11 is 1.09. The minimum atomic E-state index is -0.903. The number of fused-ring (bicyclic) bond motifs is 1. The number of methoxy groups -OCH3 is 2. The van der Waals surface area contributed by atoms with Crippen molar-refractivity contribution in [1.29, 1.82) is 0 Å². The fourth-order valence-electron chi connectivity index (χ4n) is 4.38. The van der Waals surface area contributed by atoms with Gasteiger partial charge in [-0.1, -0.05) is 30.1 Å². The normalized spacial score (nSPS) is 14.4. The van der Waals surface area contributed by atoms with Gasteiger partial charge in [-0.05, 0) is 42.8 Å². The van der Waals surface area contributed by atoms with Crippen molar-refractivity contribution < 1.29 is 38.1 Å². The van der Waals surface area contributed by atoms with E-state index in [0.717, 1.165) is 11.3 Å². The van der Waals surface area contributed by atoms with Gasteiger partial charge in [-0.3, -0.25) is 19.0 Å². The Labute approximate surface area is 244 Å². The Morgan fingerprint density at radius 1 is 1.00 bits per heavy atom. The summed E-state index contributed by atoms with van der Waals surface area (Å²) in [6.45, 7) is 7.71. The maximum absolute atomic E-state index is 14.0. The molecule has 2 heterocycles. The second-order valence-corrected chi connectivity index (χ2v) is 9.98. The largest absolute Gasteiger partial charge is 0.493 e. The first-order chi connectivity index (χ1) is 20.1. The number of benzene rings is 2. The van der Waals surface area contributed by atoms with Crippen LogP contribution in [0.25, 0.3) is 6.08 Å². The van der Waals surface area contributed by atoms with Crippen LogP contribution < -0.4 is 33.8 Å². The van der Waals surface area contributed by atoms with E-state index in [0.29, 0.717) is 33.1 Å². The number of allylic oxidation sites excluding steroid dienone is 1. The number of nitrogens with zero attached hydrogens (tertiary/aromatic N) is 2. The van der Waals surface area contributed by atoms with Crippen LogP contribution in [0.1, 0.15) is 37.9 Å². The summed E-state index contributed by atoms with van der Waals surface area (Å²) in [4.78, 5) is 55.3. The van der Waals surface area contributed by atoms with Crippen LogP contribution in [-0.2, 0) is 19.1 Å². The Kier molecular flexibility index (Phi) is 9.06. The third-order valence-electron chi connectivity index (χ3n) is 6.08. The summed E-state index contributed by atoms with van der Waals surface area (Å²) in [5.74, 6) is -0.651. The standard InChI is InChI=1S/C30H28N2O9S/c1-7-12-39-29(36)26-16(2)31-30-32(27(26)20-9-11-22(37-5)24(13-20)38-6)28(35)25(42-30)14-19-8-10-21(40-17(3)33)15-23(19)41-18(4)34/h7-11,13-15,27H,1,12H2,2-6H3/b25-14-/t27-/m1/s1. The average Bonchev–Trinajstić information content (AvgIpc) is 3.25. The van der Waals surface area contributed by atoms with E-state index in [9.17, 15) is 19.2 Å². The first-order valence-corrected chi connectivity index (χ1v) is 13.4. The van der Waals surface area contributed by atoms with E-state index in [-0.39, 0.29) is 28.2 Å². The van der Waals surface area contributed by atoms with Gasteiger partial charge in [0.2, 0.25) is 0 Å². The molecule has 0 saturated heterocycles. The molecular weight excluding hydrogens is 564 g/mol. The Morgan fingerprint density at radius 2 is 1.71 bits per heavy atom. The molecule has 1 atom stereocenters. The monoisotopic (exact) mass is 592 g/mol. The van der Waals surface area contributed by atoms with Crippen molar-refractivity contribution >= 4 is 35.3 Å². The predicted molar refractivity (Wildman–Crippen MR) is 154 cm³/mol. The number of rotatable bonds is 9. The van der Waals surface area contributed by atoms with Gasteiger partial charge in [-0.15, -0.1) is 0 Å². The van der Waals surface area contributed by atoms with Crippen molar-refractivity contribution in [1.82, 2.24) is 4.57 Å². The van der Waals surface area contributed by atoms with Crippen LogP contribution in [0.2, 0.25) is 0 Å². The molecule has 0 N–H and O–H groups in total. The molecule has 0 spiro atoms. The molecule has 42 heavy (non-hydrogen) atoms. The van der Waals surface area contributed by atoms with Gasteiger partial charge in [0.15, 0.2) is 16.3 Å². The fraction of sp³-hybridized carbons (Fsp3) is 0.233. The van der Waals surface area contributed by atoms with Gasteiger partial charge in [0.25, 0.3) is 5.56 Å². The third kappa shape index (κ3) is 6.18. The van der Waals surface area contributed by atoms with Crippen molar-refractivity contribution in [3.63, 3.8) is 0 Å². The molecule has 1 aliphatic heterocycles. The molecule has 4 rings (SSSR count). The highest BCUT2D eigenvalue weighted by Crippen LogP contribution is 2.36. The lowest BCUT2D eigenvalue weighted by Gasteiger charge is -2.25. The van der Waals surface area contributed by atoms with Crippen LogP contribution in [0, 0.1) is 0 Å². The van der Waals surface area contributed by atoms with Crippen molar-refractivity contribution in [3.05, 3.63) is 91.1 Å². The van der Waals surface area contributed by atoms with Gasteiger partial charge < -0.3 is 23.7 Å². The van der Waals surface area contributed by atoms with Gasteiger partial charge in [0.1, 0.15) is 18.1 Å². The van der Waals surface area contributed by atoms with Gasteiger partial charge in [0, 0.05) is 25.5 Å². The van der Waals surface area contributed by atoms with Crippen molar-refractivity contribution in [2.24, 2.45) is 4.99 Å². The number of carbonyl (C=O) groups excluding carboxylic acids is 3. The minimum Gasteiger partial charge on any atom is -0.493 e. The second kappa shape index (κ2) is 12.7. The van der Waals surface area contributed by atoms with Crippen LogP contribution >= 0.6 is 11.3 Å². The SMILES string of the molecule is C=CCOC(=O)C1=C(C)N=c2s/c(=C\c3ccc(OC(C)=O)cc3OC(C)=O)c(=O)n2[C@@H]1c1ccc(OC)c(OC)c1. The Balaban J connectivity index is 1.94. The zero-order chi connectivity index (χ0) is 30.6. The van der Waals surface area contributed by atoms with Gasteiger partial charge >= 0.3 is 17.9 Å². The van der Waals surface area contributed by atoms with Crippen molar-refractivity contribution in [3.8, 4) is 23.0 Å². The maximum atomic E-state index is 14.0. The Morgan fingerprint density at radius 3 is 2.36 bits per heavy atom. The lowest BCUT2D eigenvalue weighted by atomic mass is 9.95. The molecule has 1 aromatic heterocycles. The molecule has 0 bridgehead atoms. The molecule has 218 valence electrons. The maximum Gasteiger partial charge on any atom is 0.338 e. The molecule has 12 heteroatoms. The number of esters is 3. The number of hydrogen-bond acceptors (Lipinski definition) is 11. The molecule has 11 nitrogen and oxygen atoms in total. The predicted octanol–water partition coefficient (Wildman–Crippen LogP) is 2.83. The van der Waals surface area contributed by atoms with E-state index in [1.165, 1.54) is 50.8 Å². The van der Waals surface area contributed by atoms with E-state index in [4.69, 9.17) is 23.7 Å².